The van der Waals surface area contributed by atoms with E-state index in [9.17, 15) is 36.7 Å². The minimum Gasteiger partial charge on any atom is -0.326 e. The molecule has 1 atom stereocenters. The van der Waals surface area contributed by atoms with E-state index < -0.39 is 57.5 Å². The maximum atomic E-state index is 13.9. The van der Waals surface area contributed by atoms with Gasteiger partial charge in [-0.05, 0) is 12.1 Å². The number of amides is 2. The van der Waals surface area contributed by atoms with Gasteiger partial charge in [0.25, 0.3) is 22.9 Å². The number of halogens is 4. The summed E-state index contributed by atoms with van der Waals surface area (Å²) in [7, 11) is 1.02. The first-order valence-electron chi connectivity index (χ1n) is 7.29. The molecule has 3 N–H and O–H groups in total. The van der Waals surface area contributed by atoms with Gasteiger partial charge in [-0.3, -0.25) is 23.9 Å². The van der Waals surface area contributed by atoms with E-state index in [4.69, 9.17) is 0 Å². The van der Waals surface area contributed by atoms with Crippen LogP contribution in [0.25, 0.3) is 0 Å². The molecule has 2 heterocycles. The third-order valence-corrected chi connectivity index (χ3v) is 4.12. The van der Waals surface area contributed by atoms with E-state index in [1.165, 1.54) is 17.4 Å². The number of carbonyl (C=O) groups is 2. The summed E-state index contributed by atoms with van der Waals surface area (Å²) in [6.07, 6.45) is -5.48. The van der Waals surface area contributed by atoms with Gasteiger partial charge in [0.05, 0.1) is 5.56 Å². The molecule has 1 aliphatic heterocycles. The zero-order valence-electron chi connectivity index (χ0n) is 13.4. The van der Waals surface area contributed by atoms with Crippen molar-refractivity contribution in [1.29, 1.82) is 0 Å². The van der Waals surface area contributed by atoms with Crippen LogP contribution in [0.4, 0.5) is 23.4 Å². The van der Waals surface area contributed by atoms with Gasteiger partial charge in [-0.15, -0.1) is 0 Å². The molecule has 1 aromatic heterocycles. The summed E-state index contributed by atoms with van der Waals surface area (Å²) >= 11 is 0. The largest absolute Gasteiger partial charge is 0.425 e. The second-order valence-corrected chi connectivity index (χ2v) is 5.68. The minimum atomic E-state index is -5.48. The van der Waals surface area contributed by atoms with Crippen molar-refractivity contribution in [3.05, 3.63) is 62.0 Å². The van der Waals surface area contributed by atoms with Gasteiger partial charge >= 0.3 is 11.9 Å². The number of aromatic amines is 1. The van der Waals surface area contributed by atoms with Crippen LogP contribution < -0.4 is 21.9 Å². The molecule has 1 aromatic carbocycles. The van der Waals surface area contributed by atoms with Crippen molar-refractivity contribution in [2.24, 2.45) is 7.05 Å². The van der Waals surface area contributed by atoms with Gasteiger partial charge in [-0.2, -0.15) is 13.2 Å². The highest BCUT2D eigenvalue weighted by atomic mass is 19.4. The third-order valence-electron chi connectivity index (χ3n) is 4.12. The monoisotopic (exact) mass is 386 g/mol. The van der Waals surface area contributed by atoms with Gasteiger partial charge in [0.1, 0.15) is 17.2 Å². The van der Waals surface area contributed by atoms with Crippen LogP contribution in [0, 0.1) is 5.82 Å². The maximum absolute atomic E-state index is 13.9. The van der Waals surface area contributed by atoms with E-state index in [0.717, 1.165) is 19.2 Å². The first kappa shape index (κ1) is 18.4. The molecule has 0 saturated heterocycles. The number of benzene rings is 1. The Labute approximate surface area is 146 Å². The average Bonchev–Trinajstić information content (AvgIpc) is 2.87. The highest BCUT2D eigenvalue weighted by Gasteiger charge is 2.68. The van der Waals surface area contributed by atoms with Crippen molar-refractivity contribution in [3.63, 3.8) is 0 Å². The fourth-order valence-corrected chi connectivity index (χ4v) is 2.77. The summed E-state index contributed by atoms with van der Waals surface area (Å²) in [5.74, 6) is -5.22. The topological polar surface area (TPSA) is 113 Å². The smallest absolute Gasteiger partial charge is 0.326 e. The molecule has 0 aliphatic carbocycles. The number of carbonyl (C=O) groups excluding carboxylic acids is 2. The Kier molecular flexibility index (Phi) is 3.94. The zero-order chi connectivity index (χ0) is 20.1. The Morgan fingerprint density at radius 1 is 1.19 bits per heavy atom. The molecule has 8 nitrogen and oxygen atoms in total. The lowest BCUT2D eigenvalue weighted by Crippen LogP contribution is -2.62. The lowest BCUT2D eigenvalue weighted by Gasteiger charge is -2.30. The van der Waals surface area contributed by atoms with E-state index >= 15 is 0 Å². The molecule has 0 spiro atoms. The van der Waals surface area contributed by atoms with Crippen molar-refractivity contribution in [2.75, 3.05) is 5.32 Å². The van der Waals surface area contributed by atoms with E-state index in [1.807, 2.05) is 0 Å². The third kappa shape index (κ3) is 2.52. The van der Waals surface area contributed by atoms with Crippen molar-refractivity contribution >= 4 is 17.6 Å². The van der Waals surface area contributed by atoms with Gasteiger partial charge in [0.2, 0.25) is 0 Å². The molecule has 2 amide bonds. The summed E-state index contributed by atoms with van der Waals surface area (Å²) < 4.78 is 56.1. The first-order valence-corrected chi connectivity index (χ1v) is 7.29. The molecule has 1 unspecified atom stereocenters. The molecule has 12 heteroatoms. The van der Waals surface area contributed by atoms with E-state index in [0.29, 0.717) is 4.57 Å². The number of nitrogens with zero attached hydrogens (tertiary/aromatic N) is 1. The summed E-state index contributed by atoms with van der Waals surface area (Å²) in [5.41, 5.74) is -8.37. The Balaban J connectivity index is 2.26. The fourth-order valence-electron chi connectivity index (χ4n) is 2.77. The number of anilines is 1. The summed E-state index contributed by atoms with van der Waals surface area (Å²) in [6, 6.07) is 4.17. The average molecular weight is 386 g/mol. The second-order valence-electron chi connectivity index (χ2n) is 5.68. The predicted molar refractivity (Wildman–Crippen MR) is 82.5 cm³/mol. The van der Waals surface area contributed by atoms with Crippen molar-refractivity contribution < 1.29 is 27.2 Å². The SMILES string of the molecule is Cn1c2c(c(=O)[nH]c1=O)C(NC(=O)c1ccccc1F)(C(F)(F)F)C(=O)N2. The number of hydrogen-bond donors (Lipinski definition) is 3. The molecular weight excluding hydrogens is 376 g/mol. The van der Waals surface area contributed by atoms with Gasteiger partial charge in [-0.1, -0.05) is 12.1 Å². The summed E-state index contributed by atoms with van der Waals surface area (Å²) in [5, 5.41) is 3.22. The maximum Gasteiger partial charge on any atom is 0.425 e. The Morgan fingerprint density at radius 3 is 2.41 bits per heavy atom. The zero-order valence-corrected chi connectivity index (χ0v) is 13.4. The summed E-state index contributed by atoms with van der Waals surface area (Å²) in [4.78, 5) is 49.9. The Morgan fingerprint density at radius 2 is 1.81 bits per heavy atom. The highest BCUT2D eigenvalue weighted by Crippen LogP contribution is 2.44. The molecule has 0 radical (unpaired) electrons. The molecule has 2 aromatic rings. The van der Waals surface area contributed by atoms with E-state index in [-0.39, 0.29) is 0 Å². The number of alkyl halides is 3. The van der Waals surface area contributed by atoms with Gasteiger partial charge in [-0.25, -0.2) is 9.18 Å². The molecule has 1 aliphatic rings. The van der Waals surface area contributed by atoms with Crippen LogP contribution in [0.15, 0.2) is 33.9 Å². The molecule has 142 valence electrons. The van der Waals surface area contributed by atoms with Gasteiger partial charge < -0.3 is 10.6 Å². The number of nitrogens with one attached hydrogen (secondary N) is 3. The predicted octanol–water partition coefficient (Wildman–Crippen LogP) is 0.352. The van der Waals surface area contributed by atoms with Gasteiger partial charge in [0, 0.05) is 7.05 Å². The van der Waals surface area contributed by atoms with Crippen LogP contribution in [0.2, 0.25) is 0 Å². The van der Waals surface area contributed by atoms with Crippen LogP contribution in [-0.2, 0) is 17.4 Å². The lowest BCUT2D eigenvalue weighted by molar-refractivity contribution is -0.196. The van der Waals surface area contributed by atoms with Crippen LogP contribution in [0.1, 0.15) is 15.9 Å². The standard InChI is InChI=1S/C15H10F4N4O4/c1-23-9-8(11(25)21-13(23)27)14(12(26)20-9,15(17,18)19)22-10(24)6-4-2-3-5-7(6)16/h2-5H,1H3,(H,20,26)(H,22,24)(H,21,25,27). The number of hydrogen-bond acceptors (Lipinski definition) is 4. The number of fused-ring (bicyclic) bond motifs is 1. The number of rotatable bonds is 2. The first-order chi connectivity index (χ1) is 12.5. The molecule has 0 fully saturated rings. The van der Waals surface area contributed by atoms with Crippen molar-refractivity contribution in [1.82, 2.24) is 14.9 Å². The summed E-state index contributed by atoms with van der Waals surface area (Å²) in [6.45, 7) is 0. The second kappa shape index (κ2) is 5.79. The number of H-pyrrole nitrogens is 1. The quantitative estimate of drug-likeness (QED) is 0.647. The minimum absolute atomic E-state index is 0.581. The van der Waals surface area contributed by atoms with Crippen LogP contribution >= 0.6 is 0 Å². The molecule has 0 bridgehead atoms. The lowest BCUT2D eigenvalue weighted by atomic mass is 9.91. The molecular formula is C15H10F4N4O4. The fraction of sp³-hybridized carbons (Fsp3) is 0.200. The van der Waals surface area contributed by atoms with E-state index in [2.05, 4.69) is 0 Å². The van der Waals surface area contributed by atoms with Crippen LogP contribution in [0.5, 0.6) is 0 Å². The normalized spacial score (nSPS) is 18.8. The Bertz CT molecular complexity index is 1090. The molecule has 3 rings (SSSR count). The van der Waals surface area contributed by atoms with E-state index in [1.54, 1.807) is 10.3 Å². The number of aromatic nitrogens is 2. The van der Waals surface area contributed by atoms with Crippen LogP contribution in [0.3, 0.4) is 0 Å². The molecule has 0 saturated carbocycles. The highest BCUT2D eigenvalue weighted by molar-refractivity contribution is 6.09. The Hall–Kier alpha value is -3.44. The van der Waals surface area contributed by atoms with Crippen molar-refractivity contribution in [3.8, 4) is 0 Å². The van der Waals surface area contributed by atoms with Gasteiger partial charge in [0.15, 0.2) is 0 Å². The van der Waals surface area contributed by atoms with Crippen LogP contribution in [-0.4, -0.2) is 27.5 Å². The molecule has 27 heavy (non-hydrogen) atoms. The van der Waals surface area contributed by atoms with Crippen molar-refractivity contribution in [2.45, 2.75) is 11.7 Å².